The van der Waals surface area contributed by atoms with Gasteiger partial charge < -0.3 is 16.4 Å². The van der Waals surface area contributed by atoms with Gasteiger partial charge >= 0.3 is 0 Å². The maximum atomic E-state index is 13.3. The van der Waals surface area contributed by atoms with Crippen LogP contribution in [0.1, 0.15) is 40.0 Å². The topological polar surface area (TPSA) is 158 Å². The van der Waals surface area contributed by atoms with Crippen molar-refractivity contribution in [2.75, 3.05) is 11.1 Å². The summed E-state index contributed by atoms with van der Waals surface area (Å²) in [6.45, 7) is 2.17. The predicted molar refractivity (Wildman–Crippen MR) is 140 cm³/mol. The van der Waals surface area contributed by atoms with E-state index in [9.17, 15) is 14.4 Å². The standard InChI is InChI=1S/C27H22FN9O/c1-15(18-6-8-20(28)9-7-18)35-27(38)21-10-17(11-29)13-32-25(21)31-12-16-2-4-19(5-3-16)23-22-24(30)33-14-34-26(22)37-36-23/h2-10,13-15H,12H2,1H3,(H,31,32)(H,35,38)(H3,30,33,34,36,37). The van der Waals surface area contributed by atoms with Crippen LogP contribution >= 0.6 is 0 Å². The molecule has 11 heteroatoms. The average Bonchev–Trinajstić information content (AvgIpc) is 3.38. The molecule has 3 heterocycles. The Hall–Kier alpha value is -5.37. The number of nitrogens with one attached hydrogen (secondary N) is 3. The first-order chi connectivity index (χ1) is 18.4. The zero-order valence-electron chi connectivity index (χ0n) is 20.2. The number of nitrogens with zero attached hydrogens (tertiary/aromatic N) is 5. The number of aromatic nitrogens is 5. The predicted octanol–water partition coefficient (Wildman–Crippen LogP) is 4.11. The molecule has 1 amide bonds. The highest BCUT2D eigenvalue weighted by atomic mass is 19.1. The van der Waals surface area contributed by atoms with Crippen LogP contribution in [0.5, 0.6) is 0 Å². The number of nitrogen functional groups attached to an aromatic ring is 1. The number of carbonyl (C=O) groups is 1. The fourth-order valence-electron chi connectivity index (χ4n) is 4.01. The number of nitrogens with two attached hydrogens (primary N) is 1. The van der Waals surface area contributed by atoms with Crippen LogP contribution in [0.2, 0.25) is 0 Å². The van der Waals surface area contributed by atoms with Gasteiger partial charge in [-0.05, 0) is 36.2 Å². The third-order valence-corrected chi connectivity index (χ3v) is 6.05. The first-order valence-corrected chi connectivity index (χ1v) is 11.7. The quantitative estimate of drug-likeness (QED) is 0.256. The number of rotatable bonds is 7. The Kier molecular flexibility index (Phi) is 6.61. The second-order valence-corrected chi connectivity index (χ2v) is 8.58. The number of amides is 1. The number of hydrogen-bond donors (Lipinski definition) is 4. The van der Waals surface area contributed by atoms with Crippen LogP contribution in [0.25, 0.3) is 22.3 Å². The zero-order chi connectivity index (χ0) is 26.6. The fraction of sp³-hybridized carbons (Fsp3) is 0.111. The molecule has 1 unspecified atom stereocenters. The Bertz CT molecular complexity index is 1660. The number of fused-ring (bicyclic) bond motifs is 1. The number of halogens is 1. The summed E-state index contributed by atoms with van der Waals surface area (Å²) in [7, 11) is 0. The van der Waals surface area contributed by atoms with Crippen molar-refractivity contribution in [1.82, 2.24) is 30.5 Å². The van der Waals surface area contributed by atoms with Crippen LogP contribution in [0.3, 0.4) is 0 Å². The van der Waals surface area contributed by atoms with Gasteiger partial charge in [-0.1, -0.05) is 36.4 Å². The van der Waals surface area contributed by atoms with Gasteiger partial charge in [-0.3, -0.25) is 9.89 Å². The number of pyridine rings is 1. The van der Waals surface area contributed by atoms with Gasteiger partial charge in [0.15, 0.2) is 5.65 Å². The third-order valence-electron chi connectivity index (χ3n) is 6.05. The maximum Gasteiger partial charge on any atom is 0.255 e. The van der Waals surface area contributed by atoms with Gasteiger partial charge in [0, 0.05) is 18.3 Å². The minimum Gasteiger partial charge on any atom is -0.383 e. The van der Waals surface area contributed by atoms with Gasteiger partial charge in [0.05, 0.1) is 22.6 Å². The van der Waals surface area contributed by atoms with E-state index in [4.69, 9.17) is 5.73 Å². The van der Waals surface area contributed by atoms with Crippen molar-refractivity contribution in [1.29, 1.82) is 5.26 Å². The summed E-state index contributed by atoms with van der Waals surface area (Å²) in [4.78, 5) is 25.6. The largest absolute Gasteiger partial charge is 0.383 e. The summed E-state index contributed by atoms with van der Waals surface area (Å²) in [6, 6.07) is 16.7. The Balaban J connectivity index is 1.32. The molecule has 0 saturated carbocycles. The lowest BCUT2D eigenvalue weighted by Gasteiger charge is -2.16. The molecule has 5 rings (SSSR count). The van der Waals surface area contributed by atoms with Crippen molar-refractivity contribution < 1.29 is 9.18 Å². The molecule has 5 N–H and O–H groups in total. The zero-order valence-corrected chi connectivity index (χ0v) is 20.2. The van der Waals surface area contributed by atoms with Gasteiger partial charge in [0.1, 0.15) is 35.5 Å². The van der Waals surface area contributed by atoms with E-state index < -0.39 is 5.91 Å². The van der Waals surface area contributed by atoms with Crippen molar-refractivity contribution in [2.45, 2.75) is 19.5 Å². The van der Waals surface area contributed by atoms with Crippen molar-refractivity contribution in [3.63, 3.8) is 0 Å². The molecule has 10 nitrogen and oxygen atoms in total. The maximum absolute atomic E-state index is 13.3. The Morgan fingerprint density at radius 2 is 1.89 bits per heavy atom. The summed E-state index contributed by atoms with van der Waals surface area (Å²) >= 11 is 0. The monoisotopic (exact) mass is 507 g/mol. The van der Waals surface area contributed by atoms with Crippen LogP contribution < -0.4 is 16.4 Å². The Labute approximate surface area is 216 Å². The van der Waals surface area contributed by atoms with Crippen molar-refractivity contribution in [3.8, 4) is 17.3 Å². The second-order valence-electron chi connectivity index (χ2n) is 8.58. The molecule has 3 aromatic heterocycles. The number of nitriles is 1. The lowest BCUT2D eigenvalue weighted by molar-refractivity contribution is 0.0940. The van der Waals surface area contributed by atoms with Gasteiger partial charge in [-0.2, -0.15) is 10.4 Å². The smallest absolute Gasteiger partial charge is 0.255 e. The molecular weight excluding hydrogens is 485 g/mol. The van der Waals surface area contributed by atoms with Crippen LogP contribution in [0.4, 0.5) is 16.0 Å². The number of aromatic amines is 1. The normalized spacial score (nSPS) is 11.6. The average molecular weight is 508 g/mol. The van der Waals surface area contributed by atoms with E-state index >= 15 is 0 Å². The number of benzene rings is 2. The summed E-state index contributed by atoms with van der Waals surface area (Å²) in [5.41, 5.74) is 10.2. The Morgan fingerprint density at radius 1 is 1.13 bits per heavy atom. The van der Waals surface area contributed by atoms with Gasteiger partial charge in [-0.25, -0.2) is 19.3 Å². The highest BCUT2D eigenvalue weighted by Gasteiger charge is 2.18. The minimum atomic E-state index is -0.408. The molecule has 2 aromatic carbocycles. The van der Waals surface area contributed by atoms with E-state index in [2.05, 4.69) is 35.8 Å². The number of anilines is 2. The molecule has 0 radical (unpaired) electrons. The van der Waals surface area contributed by atoms with E-state index in [0.29, 0.717) is 34.9 Å². The highest BCUT2D eigenvalue weighted by molar-refractivity contribution is 5.99. The first-order valence-electron chi connectivity index (χ1n) is 11.7. The minimum absolute atomic E-state index is 0.230. The van der Waals surface area contributed by atoms with E-state index in [-0.39, 0.29) is 23.0 Å². The summed E-state index contributed by atoms with van der Waals surface area (Å²) in [5, 5.41) is 23.2. The van der Waals surface area contributed by atoms with E-state index in [1.54, 1.807) is 19.1 Å². The lowest BCUT2D eigenvalue weighted by Crippen LogP contribution is -2.28. The second kappa shape index (κ2) is 10.3. The molecule has 0 aliphatic carbocycles. The van der Waals surface area contributed by atoms with Crippen molar-refractivity contribution >= 4 is 28.6 Å². The molecule has 0 aliphatic rings. The van der Waals surface area contributed by atoms with Crippen LogP contribution in [0, 0.1) is 17.1 Å². The summed E-state index contributed by atoms with van der Waals surface area (Å²) in [6.07, 6.45) is 2.78. The van der Waals surface area contributed by atoms with Crippen LogP contribution in [-0.4, -0.2) is 31.1 Å². The van der Waals surface area contributed by atoms with Gasteiger partial charge in [0.2, 0.25) is 0 Å². The third kappa shape index (κ3) is 4.96. The molecular formula is C27H22FN9O. The Morgan fingerprint density at radius 3 is 2.63 bits per heavy atom. The molecule has 0 bridgehead atoms. The number of hydrogen-bond acceptors (Lipinski definition) is 8. The fourth-order valence-corrected chi connectivity index (χ4v) is 4.01. The molecule has 1 atom stereocenters. The molecule has 5 aromatic rings. The highest BCUT2D eigenvalue weighted by Crippen LogP contribution is 2.28. The molecule has 38 heavy (non-hydrogen) atoms. The number of H-pyrrole nitrogens is 1. The van der Waals surface area contributed by atoms with Crippen LogP contribution in [-0.2, 0) is 6.54 Å². The lowest BCUT2D eigenvalue weighted by atomic mass is 10.1. The van der Waals surface area contributed by atoms with Gasteiger partial charge in [0.25, 0.3) is 5.91 Å². The molecule has 0 aliphatic heterocycles. The summed E-state index contributed by atoms with van der Waals surface area (Å²) in [5.74, 6) is -0.0842. The molecule has 0 saturated heterocycles. The van der Waals surface area contributed by atoms with Crippen molar-refractivity contribution in [3.05, 3.63) is 95.2 Å². The van der Waals surface area contributed by atoms with Crippen LogP contribution in [0.15, 0.2) is 67.1 Å². The van der Waals surface area contributed by atoms with E-state index in [1.165, 1.54) is 30.7 Å². The van der Waals surface area contributed by atoms with E-state index in [0.717, 1.165) is 16.7 Å². The van der Waals surface area contributed by atoms with Gasteiger partial charge in [-0.15, -0.1) is 0 Å². The summed E-state index contributed by atoms with van der Waals surface area (Å²) < 4.78 is 13.3. The molecule has 0 spiro atoms. The van der Waals surface area contributed by atoms with E-state index in [1.807, 2.05) is 30.3 Å². The molecule has 188 valence electrons. The molecule has 0 fully saturated rings. The number of carbonyl (C=O) groups excluding carboxylic acids is 1. The first kappa shape index (κ1) is 24.3. The SMILES string of the molecule is CC(NC(=O)c1cc(C#N)cnc1NCc1ccc(-c2n[nH]c3ncnc(N)c23)cc1)c1ccc(F)cc1. The van der Waals surface area contributed by atoms with Crippen molar-refractivity contribution in [2.24, 2.45) is 0 Å².